The number of aliphatic hydroxyl groups excluding tert-OH is 1. The third kappa shape index (κ3) is 15.6. The summed E-state index contributed by atoms with van der Waals surface area (Å²) in [5, 5.41) is 34.5. The quantitative estimate of drug-likeness (QED) is 0.0631. The van der Waals surface area contributed by atoms with Crippen LogP contribution in [0.5, 0.6) is 0 Å². The predicted molar refractivity (Wildman–Crippen MR) is 355 cm³/mol. The molecule has 7 atom stereocenters. The van der Waals surface area contributed by atoms with E-state index in [1.54, 1.807) is 39.8 Å². The van der Waals surface area contributed by atoms with Crippen molar-refractivity contribution in [2.45, 2.75) is 203 Å². The minimum absolute atomic E-state index is 0.0177. The van der Waals surface area contributed by atoms with Gasteiger partial charge >= 0.3 is 18.5 Å². The van der Waals surface area contributed by atoms with E-state index < -0.39 is 92.5 Å². The van der Waals surface area contributed by atoms with Crippen LogP contribution in [0.4, 0.5) is 39.5 Å². The number of likely N-dealkylation sites (tertiary alicyclic amines) is 3. The van der Waals surface area contributed by atoms with Gasteiger partial charge in [-0.05, 0) is 168 Å². The second kappa shape index (κ2) is 29.7. The van der Waals surface area contributed by atoms with Crippen molar-refractivity contribution in [3.63, 3.8) is 0 Å². The number of amides is 3. The number of nitrogens with zero attached hydrogens (tertiary/aromatic N) is 9. The van der Waals surface area contributed by atoms with E-state index >= 15 is 13.2 Å². The lowest BCUT2D eigenvalue weighted by atomic mass is 9.80. The highest BCUT2D eigenvalue weighted by molar-refractivity contribution is 7.89. The fourth-order valence-electron chi connectivity index (χ4n) is 16.8. The Kier molecular flexibility index (Phi) is 21.6. The number of aliphatic hydroxyl groups is 1. The number of benzene rings is 3. The van der Waals surface area contributed by atoms with Crippen molar-refractivity contribution in [1.29, 1.82) is 0 Å². The van der Waals surface area contributed by atoms with Gasteiger partial charge in [0.2, 0.25) is 15.9 Å². The Morgan fingerprint density at radius 2 is 1.04 bits per heavy atom. The first-order chi connectivity index (χ1) is 47.5. The second-order valence-corrected chi connectivity index (χ2v) is 31.4. The summed E-state index contributed by atoms with van der Waals surface area (Å²) in [4.78, 5) is 51.9. The largest absolute Gasteiger partial charge is 0.416 e. The highest BCUT2D eigenvalue weighted by Gasteiger charge is 2.46. The van der Waals surface area contributed by atoms with E-state index in [4.69, 9.17) is 5.10 Å². The van der Waals surface area contributed by atoms with Gasteiger partial charge in [-0.2, -0.15) is 59.1 Å². The van der Waals surface area contributed by atoms with Crippen LogP contribution in [-0.2, 0) is 72.2 Å². The molecule has 0 radical (unpaired) electrons. The number of fused-ring (bicyclic) bond motifs is 3. The van der Waals surface area contributed by atoms with E-state index in [9.17, 15) is 54.2 Å². The van der Waals surface area contributed by atoms with Crippen LogP contribution in [0.1, 0.15) is 223 Å². The first-order valence-electron chi connectivity index (χ1n) is 35.2. The highest BCUT2D eigenvalue weighted by Crippen LogP contribution is 2.46. The van der Waals surface area contributed by atoms with Gasteiger partial charge in [-0.15, -0.1) is 0 Å². The van der Waals surface area contributed by atoms with Crippen LogP contribution in [0.3, 0.4) is 0 Å². The third-order valence-electron chi connectivity index (χ3n) is 21.8. The van der Waals surface area contributed by atoms with E-state index in [2.05, 4.69) is 30.4 Å². The average Bonchev–Trinajstić information content (AvgIpc) is 1.41. The first-order valence-corrected chi connectivity index (χ1v) is 36.7. The average molecular weight is 1420 g/mol. The number of hydrogen-bond acceptors (Lipinski definition) is 11. The van der Waals surface area contributed by atoms with Crippen molar-refractivity contribution in [3.05, 3.63) is 157 Å². The molecule has 7 unspecified atom stereocenters. The maximum atomic E-state index is 15.2. The Bertz CT molecular complexity index is 4010. The molecule has 18 nitrogen and oxygen atoms in total. The van der Waals surface area contributed by atoms with Gasteiger partial charge in [0.05, 0.1) is 21.9 Å². The van der Waals surface area contributed by atoms with Crippen molar-refractivity contribution < 1.29 is 67.4 Å². The molecule has 3 aromatic carbocycles. The van der Waals surface area contributed by atoms with Crippen molar-refractivity contribution in [1.82, 2.24) is 59.4 Å². The summed E-state index contributed by atoms with van der Waals surface area (Å²) in [7, 11) is -4.28. The number of aromatic amines is 3. The van der Waals surface area contributed by atoms with Crippen LogP contribution in [0.2, 0.25) is 0 Å². The van der Waals surface area contributed by atoms with Gasteiger partial charge in [0.25, 0.3) is 11.8 Å². The Hall–Kier alpha value is -7.14. The smallest absolute Gasteiger partial charge is 0.372 e. The minimum atomic E-state index is -4.69. The Morgan fingerprint density at radius 3 is 1.62 bits per heavy atom. The van der Waals surface area contributed by atoms with Gasteiger partial charge in [-0.3, -0.25) is 39.5 Å². The maximum Gasteiger partial charge on any atom is 0.416 e. The summed E-state index contributed by atoms with van der Waals surface area (Å²) in [6.07, 6.45) is -10.1. The number of carbonyl (C=O) groups is 3. The molecule has 100 heavy (non-hydrogen) atoms. The first kappa shape index (κ1) is 72.6. The fraction of sp³-hybridized carbons (Fsp3) is 0.583. The number of aromatic nitrogens is 6. The summed E-state index contributed by atoms with van der Waals surface area (Å²) in [5.74, 6) is -2.52. The van der Waals surface area contributed by atoms with Crippen LogP contribution in [0.15, 0.2) is 72.8 Å². The molecule has 542 valence electrons. The standard InChI is InChI=1S/C72H89F9N12O6S/c1-43(2)34-63(94)90-28-12-21-61-55(41-90)66(87-83-61)69(97)92-32-25-47(52-15-6-9-18-58(52)71(76,77)78)37-49(92)35-44(3)39-88-27-11-20-60-54(40-88)65(86-82-60)68(96)93-33-26-48(53-16-7-10-19-59(53)72(79,80)81)38-50(93)36-45(4)100(98,99)91-29-13-22-62-56(42-91)64(85-84-62)67(95)89-30-23-46(24-31-89)51-14-5-8-17-57(51)70(73,74)75/h5-10,14-19,43-50,68,96H,11-13,20-42H2,1-4H3,(H,82,86)(H,83,87)(H,84,85). The van der Waals surface area contributed by atoms with Crippen LogP contribution in [0.25, 0.3) is 0 Å². The number of piperidine rings is 3. The number of hydrogen-bond donors (Lipinski definition) is 4. The normalized spacial score (nSPS) is 22.3. The number of rotatable bonds is 17. The van der Waals surface area contributed by atoms with E-state index in [1.807, 2.05) is 20.8 Å². The molecule has 0 saturated carbocycles. The van der Waals surface area contributed by atoms with Crippen molar-refractivity contribution >= 4 is 27.7 Å². The van der Waals surface area contributed by atoms with Crippen LogP contribution >= 0.6 is 0 Å². The van der Waals surface area contributed by atoms with Crippen LogP contribution in [-0.4, -0.2) is 160 Å². The van der Waals surface area contributed by atoms with Crippen LogP contribution < -0.4 is 0 Å². The van der Waals surface area contributed by atoms with E-state index in [-0.39, 0.29) is 148 Å². The van der Waals surface area contributed by atoms with Gasteiger partial charge in [0.15, 0.2) is 17.6 Å². The monoisotopic (exact) mass is 1420 g/mol. The molecule has 3 saturated heterocycles. The van der Waals surface area contributed by atoms with E-state index in [0.29, 0.717) is 99.9 Å². The molecule has 4 N–H and O–H groups in total. The Balaban J connectivity index is 0.769. The zero-order valence-electron chi connectivity index (χ0n) is 56.8. The lowest BCUT2D eigenvalue weighted by molar-refractivity contribution is -0.139. The molecule has 0 aliphatic carbocycles. The van der Waals surface area contributed by atoms with E-state index in [1.165, 1.54) is 45.6 Å². The number of alkyl halides is 9. The molecule has 3 amide bonds. The Morgan fingerprint density at radius 1 is 0.550 bits per heavy atom. The predicted octanol–water partition coefficient (Wildman–Crippen LogP) is 12.9. The molecule has 9 heterocycles. The lowest BCUT2D eigenvalue weighted by Gasteiger charge is -2.43. The van der Waals surface area contributed by atoms with Gasteiger partial charge in [-0.1, -0.05) is 75.4 Å². The molecule has 28 heteroatoms. The molecule has 0 bridgehead atoms. The summed E-state index contributed by atoms with van der Waals surface area (Å²) < 4.78 is 162. The van der Waals surface area contributed by atoms with E-state index in [0.717, 1.165) is 29.6 Å². The minimum Gasteiger partial charge on any atom is -0.372 e. The second-order valence-electron chi connectivity index (χ2n) is 29.0. The molecule has 3 fully saturated rings. The molecule has 6 aromatic rings. The highest BCUT2D eigenvalue weighted by atomic mass is 32.2. The molecule has 0 spiro atoms. The fourth-order valence-corrected chi connectivity index (χ4v) is 18.5. The number of halogens is 9. The molecule has 6 aliphatic heterocycles. The zero-order chi connectivity index (χ0) is 71.2. The molecular formula is C72H89F9N12O6S. The van der Waals surface area contributed by atoms with Crippen molar-refractivity contribution in [3.8, 4) is 0 Å². The number of sulfonamides is 1. The van der Waals surface area contributed by atoms with Gasteiger partial charge in [-0.25, -0.2) is 8.42 Å². The third-order valence-corrected chi connectivity index (χ3v) is 24.0. The summed E-state index contributed by atoms with van der Waals surface area (Å²) in [5.41, 5.74) is 2.58. The topological polar surface area (TPSA) is 211 Å². The summed E-state index contributed by atoms with van der Waals surface area (Å²) in [6, 6.07) is 15.0. The summed E-state index contributed by atoms with van der Waals surface area (Å²) in [6.45, 7) is 10.0. The molecule has 6 aliphatic rings. The van der Waals surface area contributed by atoms with Gasteiger partial charge in [0, 0.05) is 118 Å². The summed E-state index contributed by atoms with van der Waals surface area (Å²) >= 11 is 0. The maximum absolute atomic E-state index is 15.2. The van der Waals surface area contributed by atoms with Crippen molar-refractivity contribution in [2.24, 2.45) is 11.8 Å². The lowest BCUT2D eigenvalue weighted by Crippen LogP contribution is -2.48. The van der Waals surface area contributed by atoms with Gasteiger partial charge < -0.3 is 19.8 Å². The Labute approximate surface area is 576 Å². The molecule has 12 rings (SSSR count). The number of carbonyl (C=O) groups excluding carboxylic acids is 3. The number of aryl methyl sites for hydroxylation is 3. The number of H-pyrrole nitrogens is 3. The SMILES string of the molecule is CC(C)CC(=O)N1CCCc2[nH]nc(C(=O)N3CCC(c4ccccc4C(F)(F)F)CC3CC(C)CN3CCCc4[nH]nc(C(O)N5CCC(c6ccccc6C(F)(F)F)CC5CC(C)S(=O)(=O)N5CCCc6[nH]nc(C(=O)N7CCC(c8ccccc8C(F)(F)F)CC7)c6C5)c4C3)c2C1. The van der Waals surface area contributed by atoms with Crippen molar-refractivity contribution in [2.75, 3.05) is 52.4 Å². The number of nitrogens with one attached hydrogen (secondary N) is 3. The molecular weight excluding hydrogens is 1330 g/mol. The van der Waals surface area contributed by atoms with Crippen LogP contribution in [0, 0.1) is 11.8 Å². The zero-order valence-corrected chi connectivity index (χ0v) is 57.6. The van der Waals surface area contributed by atoms with Gasteiger partial charge in [0.1, 0.15) is 5.69 Å². The molecule has 3 aromatic heterocycles.